The van der Waals surface area contributed by atoms with Gasteiger partial charge in [0.25, 0.3) is 0 Å². The number of carbonyl (C=O) groups excluding carboxylic acids is 1. The molecule has 0 aliphatic heterocycles. The van der Waals surface area contributed by atoms with Gasteiger partial charge in [0, 0.05) is 23.9 Å². The van der Waals surface area contributed by atoms with Crippen molar-refractivity contribution in [2.75, 3.05) is 0 Å². The van der Waals surface area contributed by atoms with Crippen LogP contribution in [-0.2, 0) is 13.0 Å². The molecule has 2 aromatic heterocycles. The van der Waals surface area contributed by atoms with E-state index in [-0.39, 0.29) is 5.78 Å². The molecule has 3 nitrogen and oxygen atoms in total. The van der Waals surface area contributed by atoms with Crippen molar-refractivity contribution in [1.29, 1.82) is 0 Å². The minimum Gasteiger partial charge on any atom is -0.467 e. The average Bonchev–Trinajstić information content (AvgIpc) is 2.90. The highest BCUT2D eigenvalue weighted by molar-refractivity contribution is 5.98. The van der Waals surface area contributed by atoms with Gasteiger partial charge in [0.1, 0.15) is 5.76 Å². The third-order valence-electron chi connectivity index (χ3n) is 3.10. The Hall–Kier alpha value is -1.77. The number of rotatable bonds is 2. The maximum Gasteiger partial charge on any atom is 0.164 e. The molecule has 0 unspecified atom stereocenters. The van der Waals surface area contributed by atoms with Crippen LogP contribution in [0, 0.1) is 0 Å². The van der Waals surface area contributed by atoms with E-state index in [9.17, 15) is 4.79 Å². The molecule has 0 N–H and O–H groups in total. The summed E-state index contributed by atoms with van der Waals surface area (Å²) in [5.74, 6) is 1.20. The lowest BCUT2D eigenvalue weighted by Crippen LogP contribution is -2.13. The molecule has 0 saturated heterocycles. The molecular formula is C13H13NO2. The van der Waals surface area contributed by atoms with Crippen LogP contribution in [0.4, 0.5) is 0 Å². The highest BCUT2D eigenvalue weighted by atomic mass is 16.3. The van der Waals surface area contributed by atoms with Crippen LogP contribution in [0.15, 0.2) is 35.1 Å². The number of hydrogen-bond acceptors (Lipinski definition) is 2. The molecule has 82 valence electrons. The standard InChI is InChI=1S/C13H13NO2/c15-13-5-1-4-12-11(13)6-7-14(12)9-10-3-2-8-16-10/h2-3,6-8H,1,4-5,9H2. The number of carbonyl (C=O) groups is 1. The van der Waals surface area contributed by atoms with Crippen molar-refractivity contribution in [3.05, 3.63) is 47.7 Å². The van der Waals surface area contributed by atoms with E-state index in [1.807, 2.05) is 24.4 Å². The van der Waals surface area contributed by atoms with Gasteiger partial charge in [-0.1, -0.05) is 0 Å². The summed E-state index contributed by atoms with van der Waals surface area (Å²) in [6, 6.07) is 5.77. The summed E-state index contributed by atoms with van der Waals surface area (Å²) in [6.07, 6.45) is 6.31. The van der Waals surface area contributed by atoms with Gasteiger partial charge in [0.2, 0.25) is 0 Å². The van der Waals surface area contributed by atoms with Crippen molar-refractivity contribution in [3.63, 3.8) is 0 Å². The van der Waals surface area contributed by atoms with E-state index in [1.54, 1.807) is 6.26 Å². The third kappa shape index (κ3) is 1.48. The number of hydrogen-bond donors (Lipinski definition) is 0. The average molecular weight is 215 g/mol. The predicted octanol–water partition coefficient (Wildman–Crippen LogP) is 2.65. The molecule has 0 bridgehead atoms. The molecule has 0 radical (unpaired) electrons. The van der Waals surface area contributed by atoms with Crippen LogP contribution in [0.3, 0.4) is 0 Å². The van der Waals surface area contributed by atoms with E-state index in [4.69, 9.17) is 4.42 Å². The van der Waals surface area contributed by atoms with Crippen molar-refractivity contribution in [2.45, 2.75) is 25.8 Å². The Morgan fingerprint density at radius 2 is 2.25 bits per heavy atom. The van der Waals surface area contributed by atoms with Crippen LogP contribution in [0.25, 0.3) is 0 Å². The fraction of sp³-hybridized carbons (Fsp3) is 0.308. The maximum absolute atomic E-state index is 11.7. The Balaban J connectivity index is 1.94. The molecule has 0 saturated carbocycles. The summed E-state index contributed by atoms with van der Waals surface area (Å²) in [6.45, 7) is 0.718. The summed E-state index contributed by atoms with van der Waals surface area (Å²) in [5.41, 5.74) is 2.06. The molecule has 0 spiro atoms. The molecule has 0 aromatic carbocycles. The number of aromatic nitrogens is 1. The van der Waals surface area contributed by atoms with E-state index >= 15 is 0 Å². The molecule has 3 heteroatoms. The summed E-state index contributed by atoms with van der Waals surface area (Å²) in [5, 5.41) is 0. The molecule has 1 aliphatic carbocycles. The zero-order valence-corrected chi connectivity index (χ0v) is 8.98. The van der Waals surface area contributed by atoms with Crippen molar-refractivity contribution >= 4 is 5.78 Å². The van der Waals surface area contributed by atoms with Crippen LogP contribution >= 0.6 is 0 Å². The van der Waals surface area contributed by atoms with Gasteiger partial charge in [-0.15, -0.1) is 0 Å². The number of furan rings is 1. The molecule has 0 amide bonds. The van der Waals surface area contributed by atoms with Gasteiger partial charge in [0.05, 0.1) is 12.8 Å². The Labute approximate surface area is 93.7 Å². The fourth-order valence-electron chi connectivity index (χ4n) is 2.31. The van der Waals surface area contributed by atoms with Gasteiger partial charge in [-0.3, -0.25) is 4.79 Å². The Morgan fingerprint density at radius 1 is 1.31 bits per heavy atom. The minimum absolute atomic E-state index is 0.277. The largest absolute Gasteiger partial charge is 0.467 e. The highest BCUT2D eigenvalue weighted by Gasteiger charge is 2.20. The third-order valence-corrected chi connectivity index (χ3v) is 3.10. The van der Waals surface area contributed by atoms with Gasteiger partial charge in [-0.05, 0) is 31.0 Å². The second-order valence-electron chi connectivity index (χ2n) is 4.16. The number of Topliss-reactive ketones (excluding diaryl/α,β-unsaturated/α-hetero) is 1. The molecular weight excluding hydrogens is 202 g/mol. The smallest absolute Gasteiger partial charge is 0.164 e. The second kappa shape index (κ2) is 3.67. The van der Waals surface area contributed by atoms with Crippen molar-refractivity contribution in [1.82, 2.24) is 4.57 Å². The van der Waals surface area contributed by atoms with Gasteiger partial charge in [0.15, 0.2) is 5.78 Å². The highest BCUT2D eigenvalue weighted by Crippen LogP contribution is 2.23. The first-order valence-electron chi connectivity index (χ1n) is 5.58. The zero-order valence-electron chi connectivity index (χ0n) is 8.98. The van der Waals surface area contributed by atoms with Crippen LogP contribution in [0.2, 0.25) is 0 Å². The predicted molar refractivity (Wildman–Crippen MR) is 59.5 cm³/mol. The number of ketones is 1. The van der Waals surface area contributed by atoms with Gasteiger partial charge in [-0.25, -0.2) is 0 Å². The normalized spacial score (nSPS) is 15.1. The second-order valence-corrected chi connectivity index (χ2v) is 4.16. The Bertz CT molecular complexity index is 508. The van der Waals surface area contributed by atoms with E-state index in [2.05, 4.69) is 4.57 Å². The van der Waals surface area contributed by atoms with Crippen molar-refractivity contribution in [3.8, 4) is 0 Å². The quantitative estimate of drug-likeness (QED) is 0.772. The molecule has 0 fully saturated rings. The van der Waals surface area contributed by atoms with Gasteiger partial charge < -0.3 is 8.98 Å². The van der Waals surface area contributed by atoms with Crippen molar-refractivity contribution in [2.24, 2.45) is 0 Å². The van der Waals surface area contributed by atoms with E-state index in [0.717, 1.165) is 36.4 Å². The molecule has 2 heterocycles. The van der Waals surface area contributed by atoms with Crippen LogP contribution in [-0.4, -0.2) is 10.4 Å². The van der Waals surface area contributed by atoms with Gasteiger partial charge in [-0.2, -0.15) is 0 Å². The van der Waals surface area contributed by atoms with Crippen LogP contribution < -0.4 is 0 Å². The van der Waals surface area contributed by atoms with E-state index < -0.39 is 0 Å². The number of fused-ring (bicyclic) bond motifs is 1. The molecule has 16 heavy (non-hydrogen) atoms. The van der Waals surface area contributed by atoms with Crippen LogP contribution in [0.1, 0.15) is 34.7 Å². The van der Waals surface area contributed by atoms with E-state index in [0.29, 0.717) is 6.42 Å². The van der Waals surface area contributed by atoms with Crippen molar-refractivity contribution < 1.29 is 9.21 Å². The SMILES string of the molecule is O=C1CCCc2c1ccn2Cc1ccco1. The lowest BCUT2D eigenvalue weighted by molar-refractivity contribution is 0.0971. The van der Waals surface area contributed by atoms with E-state index in [1.165, 1.54) is 0 Å². The maximum atomic E-state index is 11.7. The summed E-state index contributed by atoms with van der Waals surface area (Å²) < 4.78 is 7.44. The molecule has 0 atom stereocenters. The Kier molecular flexibility index (Phi) is 2.17. The lowest BCUT2D eigenvalue weighted by Gasteiger charge is -2.14. The first kappa shape index (κ1) is 9.46. The molecule has 3 rings (SSSR count). The minimum atomic E-state index is 0.277. The Morgan fingerprint density at radius 3 is 3.06 bits per heavy atom. The first-order chi connectivity index (χ1) is 7.84. The topological polar surface area (TPSA) is 35.1 Å². The zero-order chi connectivity index (χ0) is 11.0. The summed E-state index contributed by atoms with van der Waals surface area (Å²) in [4.78, 5) is 11.7. The number of nitrogens with zero attached hydrogens (tertiary/aromatic N) is 1. The first-order valence-corrected chi connectivity index (χ1v) is 5.58. The van der Waals surface area contributed by atoms with Crippen LogP contribution in [0.5, 0.6) is 0 Å². The molecule has 2 aromatic rings. The summed E-state index contributed by atoms with van der Waals surface area (Å²) in [7, 11) is 0. The fourth-order valence-corrected chi connectivity index (χ4v) is 2.31. The summed E-state index contributed by atoms with van der Waals surface area (Å²) >= 11 is 0. The lowest BCUT2D eigenvalue weighted by atomic mass is 9.97. The molecule has 1 aliphatic rings. The van der Waals surface area contributed by atoms with Gasteiger partial charge >= 0.3 is 0 Å². The monoisotopic (exact) mass is 215 g/mol.